The third-order valence-electron chi connectivity index (χ3n) is 7.83. The summed E-state index contributed by atoms with van der Waals surface area (Å²) in [6.45, 7) is 0. The van der Waals surface area contributed by atoms with Crippen molar-refractivity contribution in [1.82, 2.24) is 4.57 Å². The molecule has 188 valence electrons. The quantitative estimate of drug-likeness (QED) is 0.214. The second-order valence-electron chi connectivity index (χ2n) is 10.1. The Hall–Kier alpha value is -4.92. The van der Waals surface area contributed by atoms with Crippen molar-refractivity contribution in [2.45, 2.75) is 0 Å². The fourth-order valence-electron chi connectivity index (χ4n) is 6.02. The molecular weight excluding hydrogens is 502 g/mol. The van der Waals surface area contributed by atoms with E-state index in [4.69, 9.17) is 0 Å². The van der Waals surface area contributed by atoms with Gasteiger partial charge in [0.1, 0.15) is 0 Å². The number of thiophene rings is 1. The molecule has 0 fully saturated rings. The summed E-state index contributed by atoms with van der Waals surface area (Å²) in [5, 5.41) is 5.15. The van der Waals surface area contributed by atoms with Gasteiger partial charge in [0.25, 0.3) is 0 Å². The van der Waals surface area contributed by atoms with Crippen LogP contribution >= 0.6 is 11.3 Å². The minimum atomic E-state index is 1.18. The first-order valence-corrected chi connectivity index (χ1v) is 14.4. The lowest BCUT2D eigenvalue weighted by Gasteiger charge is -2.09. The maximum atomic E-state index is 2.40. The topological polar surface area (TPSA) is 4.93 Å². The summed E-state index contributed by atoms with van der Waals surface area (Å²) in [6.07, 6.45) is 0. The highest BCUT2D eigenvalue weighted by atomic mass is 32.1. The smallest absolute Gasteiger partial charge is 0.0547 e. The first-order chi connectivity index (χ1) is 19.9. The number of benzene rings is 6. The van der Waals surface area contributed by atoms with Crippen molar-refractivity contribution >= 4 is 43.9 Å². The molecule has 8 aromatic rings. The van der Waals surface area contributed by atoms with Gasteiger partial charge in [-0.25, -0.2) is 0 Å². The van der Waals surface area contributed by atoms with E-state index >= 15 is 0 Å². The molecule has 0 aliphatic heterocycles. The number of nitrogens with zero attached hydrogens (tertiary/aromatic N) is 1. The van der Waals surface area contributed by atoms with Crippen LogP contribution in [0.5, 0.6) is 0 Å². The lowest BCUT2D eigenvalue weighted by molar-refractivity contribution is 1.18. The highest BCUT2D eigenvalue weighted by molar-refractivity contribution is 7.21. The van der Waals surface area contributed by atoms with E-state index in [9.17, 15) is 0 Å². The van der Waals surface area contributed by atoms with Gasteiger partial charge in [-0.2, -0.15) is 0 Å². The first kappa shape index (κ1) is 23.0. The van der Waals surface area contributed by atoms with Gasteiger partial charge in [0.05, 0.1) is 11.0 Å². The second kappa shape index (κ2) is 9.37. The summed E-state index contributed by atoms with van der Waals surface area (Å²) in [4.78, 5) is 2.62. The van der Waals surface area contributed by atoms with E-state index in [1.807, 2.05) is 11.3 Å². The number of para-hydroxylation sites is 2. The van der Waals surface area contributed by atoms with Crippen molar-refractivity contribution < 1.29 is 0 Å². The van der Waals surface area contributed by atoms with Gasteiger partial charge in [-0.3, -0.25) is 0 Å². The molecule has 0 unspecified atom stereocenters. The Labute approximate surface area is 237 Å². The van der Waals surface area contributed by atoms with Crippen LogP contribution in [0.15, 0.2) is 152 Å². The average molecular weight is 528 g/mol. The third-order valence-corrected chi connectivity index (χ3v) is 9.13. The van der Waals surface area contributed by atoms with Crippen LogP contribution in [-0.4, -0.2) is 4.57 Å². The number of hydrogen-bond donors (Lipinski definition) is 0. The molecule has 2 heterocycles. The Balaban J connectivity index is 1.39. The molecule has 2 aromatic heterocycles. The minimum Gasteiger partial charge on any atom is -0.309 e. The summed E-state index contributed by atoms with van der Waals surface area (Å²) in [5.41, 5.74) is 8.67. The Morgan fingerprint density at radius 3 is 1.73 bits per heavy atom. The van der Waals surface area contributed by atoms with Crippen molar-refractivity contribution in [2.75, 3.05) is 0 Å². The Bertz CT molecular complexity index is 2150. The van der Waals surface area contributed by atoms with Crippen LogP contribution in [0.1, 0.15) is 0 Å². The van der Waals surface area contributed by atoms with E-state index in [-0.39, 0.29) is 0 Å². The molecule has 1 nitrogen and oxygen atoms in total. The zero-order chi connectivity index (χ0) is 26.5. The Morgan fingerprint density at radius 2 is 0.950 bits per heavy atom. The van der Waals surface area contributed by atoms with Crippen LogP contribution in [0.4, 0.5) is 0 Å². The van der Waals surface area contributed by atoms with E-state index in [1.54, 1.807) is 0 Å². The Morgan fingerprint density at radius 1 is 0.375 bits per heavy atom. The van der Waals surface area contributed by atoms with Gasteiger partial charge in [0.15, 0.2) is 0 Å². The van der Waals surface area contributed by atoms with E-state index < -0.39 is 0 Å². The highest BCUT2D eigenvalue weighted by Gasteiger charge is 2.19. The summed E-state index contributed by atoms with van der Waals surface area (Å²) in [7, 11) is 0. The van der Waals surface area contributed by atoms with E-state index in [0.29, 0.717) is 0 Å². The van der Waals surface area contributed by atoms with E-state index in [1.165, 1.54) is 70.3 Å². The van der Waals surface area contributed by atoms with Gasteiger partial charge in [-0.05, 0) is 41.0 Å². The lowest BCUT2D eigenvalue weighted by atomic mass is 9.96. The SMILES string of the molecule is c1ccc(-c2ccccc2-c2sc(-c3ccc4c5ccccc5n(-c5ccccc5)c4c3)c3ccccc23)cc1. The summed E-state index contributed by atoms with van der Waals surface area (Å²) < 4.78 is 2.40. The molecule has 2 heteroatoms. The molecule has 8 rings (SSSR count). The van der Waals surface area contributed by atoms with Gasteiger partial charge in [0, 0.05) is 42.6 Å². The van der Waals surface area contributed by atoms with Crippen molar-refractivity contribution in [1.29, 1.82) is 0 Å². The summed E-state index contributed by atoms with van der Waals surface area (Å²) in [5.74, 6) is 0. The molecular formula is C38H25NS. The standard InChI is InChI=1S/C38H25NS/c1-3-13-26(14-4-1)29-17-7-8-19-32(29)38-34-21-10-9-20-33(34)37(40-38)27-23-24-31-30-18-11-12-22-35(30)39(36(31)25-27)28-15-5-2-6-16-28/h1-25H. The molecule has 0 N–H and O–H groups in total. The lowest BCUT2D eigenvalue weighted by Crippen LogP contribution is -1.93. The first-order valence-electron chi connectivity index (χ1n) is 13.6. The molecule has 0 aliphatic carbocycles. The van der Waals surface area contributed by atoms with Gasteiger partial charge in [0.2, 0.25) is 0 Å². The average Bonchev–Trinajstić information content (AvgIpc) is 3.58. The monoisotopic (exact) mass is 527 g/mol. The molecule has 0 amide bonds. The highest BCUT2D eigenvalue weighted by Crippen LogP contribution is 2.47. The van der Waals surface area contributed by atoms with Crippen molar-refractivity contribution in [2.24, 2.45) is 0 Å². The van der Waals surface area contributed by atoms with Gasteiger partial charge in [-0.15, -0.1) is 11.3 Å². The van der Waals surface area contributed by atoms with Crippen molar-refractivity contribution in [3.05, 3.63) is 152 Å². The van der Waals surface area contributed by atoms with Crippen LogP contribution in [-0.2, 0) is 0 Å². The van der Waals surface area contributed by atoms with E-state index in [2.05, 4.69) is 156 Å². The van der Waals surface area contributed by atoms with Crippen molar-refractivity contribution in [3.63, 3.8) is 0 Å². The molecule has 40 heavy (non-hydrogen) atoms. The second-order valence-corrected chi connectivity index (χ2v) is 11.2. The molecule has 6 aromatic carbocycles. The Kier molecular flexibility index (Phi) is 5.39. The van der Waals surface area contributed by atoms with Crippen LogP contribution in [0.3, 0.4) is 0 Å². The van der Waals surface area contributed by atoms with Gasteiger partial charge >= 0.3 is 0 Å². The number of hydrogen-bond acceptors (Lipinski definition) is 1. The minimum absolute atomic E-state index is 1.18. The molecule has 0 radical (unpaired) electrons. The zero-order valence-corrected chi connectivity index (χ0v) is 22.6. The zero-order valence-electron chi connectivity index (χ0n) is 21.8. The normalized spacial score (nSPS) is 11.5. The number of fused-ring (bicyclic) bond motifs is 4. The largest absolute Gasteiger partial charge is 0.309 e. The van der Waals surface area contributed by atoms with Crippen LogP contribution in [0.25, 0.3) is 70.3 Å². The summed E-state index contributed by atoms with van der Waals surface area (Å²) >= 11 is 1.90. The fourth-order valence-corrected chi connectivity index (χ4v) is 7.34. The molecule has 0 saturated heterocycles. The summed E-state index contributed by atoms with van der Waals surface area (Å²) in [6, 6.07) is 54.8. The van der Waals surface area contributed by atoms with Crippen LogP contribution < -0.4 is 0 Å². The van der Waals surface area contributed by atoms with Crippen molar-refractivity contribution in [3.8, 4) is 37.7 Å². The molecule has 0 spiro atoms. The molecule has 0 aliphatic rings. The van der Waals surface area contributed by atoms with E-state index in [0.717, 1.165) is 0 Å². The van der Waals surface area contributed by atoms with Gasteiger partial charge in [-0.1, -0.05) is 127 Å². The maximum absolute atomic E-state index is 2.40. The van der Waals surface area contributed by atoms with Gasteiger partial charge < -0.3 is 4.57 Å². The number of aromatic nitrogens is 1. The molecule has 0 saturated carbocycles. The molecule has 0 atom stereocenters. The molecule has 0 bridgehead atoms. The van der Waals surface area contributed by atoms with Crippen LogP contribution in [0, 0.1) is 0 Å². The predicted molar refractivity (Wildman–Crippen MR) is 172 cm³/mol. The maximum Gasteiger partial charge on any atom is 0.0547 e. The van der Waals surface area contributed by atoms with Crippen LogP contribution in [0.2, 0.25) is 0 Å². The predicted octanol–water partition coefficient (Wildman–Crippen LogP) is 11.0. The third kappa shape index (κ3) is 3.61. The number of rotatable bonds is 4. The fraction of sp³-hybridized carbons (Fsp3) is 0.